The number of unbranched alkanes of at least 4 members (excludes halogenated alkanes) is 37. The predicted molar refractivity (Wildman–Crippen MR) is 390 cm³/mol. The van der Waals surface area contributed by atoms with Gasteiger partial charge in [-0.15, -0.1) is 0 Å². The second-order valence-corrected chi connectivity index (χ2v) is 28.8. The summed E-state index contributed by atoms with van der Waals surface area (Å²) in [6.07, 6.45) is 67.8. The largest absolute Gasteiger partial charge is 0.472 e. The molecule has 19 heteroatoms. The van der Waals surface area contributed by atoms with E-state index in [2.05, 4.69) is 88.5 Å². The van der Waals surface area contributed by atoms with Crippen LogP contribution in [0.4, 0.5) is 0 Å². The number of esters is 4. The highest BCUT2D eigenvalue weighted by atomic mass is 31.2. The van der Waals surface area contributed by atoms with Gasteiger partial charge in [0.15, 0.2) is 12.2 Å². The zero-order chi connectivity index (χ0) is 70.4. The summed E-state index contributed by atoms with van der Waals surface area (Å²) in [5.41, 5.74) is 0. The summed E-state index contributed by atoms with van der Waals surface area (Å²) in [6, 6.07) is 0. The normalized spacial score (nSPS) is 14.3. The van der Waals surface area contributed by atoms with E-state index in [4.69, 9.17) is 37.0 Å². The summed E-state index contributed by atoms with van der Waals surface area (Å²) in [6.45, 7) is 4.77. The molecule has 0 aliphatic rings. The smallest absolute Gasteiger partial charge is 0.462 e. The Bertz CT molecular complexity index is 2060. The number of hydrogen-bond donors (Lipinski definition) is 3. The van der Waals surface area contributed by atoms with Gasteiger partial charge in [-0.25, -0.2) is 9.13 Å². The third kappa shape index (κ3) is 69.2. The van der Waals surface area contributed by atoms with Crippen LogP contribution in [0, 0.1) is 0 Å². The molecule has 560 valence electrons. The second kappa shape index (κ2) is 70.2. The van der Waals surface area contributed by atoms with E-state index in [0.29, 0.717) is 25.7 Å². The fourth-order valence-corrected chi connectivity index (χ4v) is 12.2. The van der Waals surface area contributed by atoms with Crippen molar-refractivity contribution < 1.29 is 80.2 Å². The molecule has 0 aromatic heterocycles. The van der Waals surface area contributed by atoms with Gasteiger partial charge in [0.25, 0.3) is 0 Å². The monoisotopic (exact) mass is 1400 g/mol. The molecule has 5 atom stereocenters. The first-order valence-corrected chi connectivity index (χ1v) is 41.5. The molecule has 3 N–H and O–H groups in total. The van der Waals surface area contributed by atoms with E-state index in [-0.39, 0.29) is 25.7 Å². The first-order chi connectivity index (χ1) is 46.7. The maximum absolute atomic E-state index is 13.1. The lowest BCUT2D eigenvalue weighted by Crippen LogP contribution is -2.30. The third-order valence-corrected chi connectivity index (χ3v) is 18.4. The number of allylic oxidation sites excluding steroid dienone is 10. The molecule has 0 heterocycles. The van der Waals surface area contributed by atoms with E-state index in [0.717, 1.165) is 148 Å². The van der Waals surface area contributed by atoms with Crippen molar-refractivity contribution in [3.8, 4) is 0 Å². The van der Waals surface area contributed by atoms with Gasteiger partial charge in [-0.3, -0.25) is 37.3 Å². The van der Waals surface area contributed by atoms with Crippen molar-refractivity contribution in [1.82, 2.24) is 0 Å². The minimum absolute atomic E-state index is 0.0855. The summed E-state index contributed by atoms with van der Waals surface area (Å²) in [5.74, 6) is -2.17. The number of ether oxygens (including phenoxy) is 4. The van der Waals surface area contributed by atoms with E-state index >= 15 is 0 Å². The van der Waals surface area contributed by atoms with Crippen LogP contribution in [0.5, 0.6) is 0 Å². The van der Waals surface area contributed by atoms with Crippen LogP contribution in [-0.4, -0.2) is 96.7 Å². The molecule has 96 heavy (non-hydrogen) atoms. The van der Waals surface area contributed by atoms with Crippen LogP contribution in [0.2, 0.25) is 0 Å². The van der Waals surface area contributed by atoms with E-state index in [1.165, 1.54) is 122 Å². The van der Waals surface area contributed by atoms with E-state index in [9.17, 15) is 43.2 Å². The second-order valence-electron chi connectivity index (χ2n) is 25.9. The number of rotatable bonds is 73. The van der Waals surface area contributed by atoms with Crippen LogP contribution in [0.15, 0.2) is 60.8 Å². The summed E-state index contributed by atoms with van der Waals surface area (Å²) in [4.78, 5) is 72.7. The molecule has 0 spiro atoms. The van der Waals surface area contributed by atoms with Crippen molar-refractivity contribution in [2.75, 3.05) is 39.6 Å². The summed E-state index contributed by atoms with van der Waals surface area (Å²) < 4.78 is 68.4. The molecule has 5 unspecified atom stereocenters. The third-order valence-electron chi connectivity index (χ3n) is 16.5. The molecule has 17 nitrogen and oxygen atoms in total. The standard InChI is InChI=1S/C77H140O17P2/c1-5-9-13-17-21-25-29-31-33-34-35-36-38-39-43-46-50-54-58-62-75(80)88-68-73(94-77(82)64-60-56-52-48-44-40-37-32-30-26-22-18-14-10-6-2)70-92-96(85,86)90-66-71(78)65-89-95(83,84)91-69-72(93-76(81)63-59-55-51-47-42-28-24-20-16-12-8-4)67-87-74(79)61-57-53-49-45-41-27-23-19-15-11-7-3/h9,13,21,25,31-33,35-37,71-73,78H,5-8,10-12,14-20,22-24,26-30,34,38-70H2,1-4H3,(H,83,84)(H,85,86)/b13-9-,25-21-,33-31-,36-35-,37-32-. The summed E-state index contributed by atoms with van der Waals surface area (Å²) >= 11 is 0. The van der Waals surface area contributed by atoms with Gasteiger partial charge in [0.05, 0.1) is 26.4 Å². The Morgan fingerprint density at radius 2 is 0.542 bits per heavy atom. The molecule has 0 saturated heterocycles. The number of aliphatic hydroxyl groups is 1. The first-order valence-electron chi connectivity index (χ1n) is 38.5. The molecule has 0 radical (unpaired) electrons. The number of hydrogen-bond acceptors (Lipinski definition) is 15. The van der Waals surface area contributed by atoms with Crippen molar-refractivity contribution >= 4 is 39.5 Å². The highest BCUT2D eigenvalue weighted by Crippen LogP contribution is 2.45. The van der Waals surface area contributed by atoms with Gasteiger partial charge in [-0.2, -0.15) is 0 Å². The number of carbonyl (C=O) groups excluding carboxylic acids is 4. The lowest BCUT2D eigenvalue weighted by Gasteiger charge is -2.21. The molecular weight excluding hydrogens is 1260 g/mol. The van der Waals surface area contributed by atoms with Crippen molar-refractivity contribution in [3.63, 3.8) is 0 Å². The summed E-state index contributed by atoms with van der Waals surface area (Å²) in [7, 11) is -9.93. The molecule has 0 aromatic carbocycles. The van der Waals surface area contributed by atoms with Gasteiger partial charge in [-0.05, 0) is 89.9 Å². The van der Waals surface area contributed by atoms with Gasteiger partial charge in [0, 0.05) is 25.7 Å². The SMILES string of the molecule is CC/C=C\C/C=C\C/C=C\C/C=C\CCCCCCCCC(=O)OCC(COP(=O)(O)OCC(O)COP(=O)(O)OCC(COC(=O)CCCCCCCCCCCCC)OC(=O)CCCCCCCCCCCCC)OC(=O)CCCCCCC/C=C\CCCCCCCC. The van der Waals surface area contributed by atoms with Crippen molar-refractivity contribution in [2.45, 2.75) is 367 Å². The van der Waals surface area contributed by atoms with Crippen LogP contribution >= 0.6 is 15.6 Å². The maximum Gasteiger partial charge on any atom is 0.472 e. The molecule has 0 bridgehead atoms. The first kappa shape index (κ1) is 92.8. The Kier molecular flexibility index (Phi) is 67.8. The average Bonchev–Trinajstić information content (AvgIpc) is 1.41. The van der Waals surface area contributed by atoms with Crippen LogP contribution < -0.4 is 0 Å². The predicted octanol–water partition coefficient (Wildman–Crippen LogP) is 21.9. The molecule has 0 fully saturated rings. The average molecular weight is 1400 g/mol. The Morgan fingerprint density at radius 1 is 0.302 bits per heavy atom. The van der Waals surface area contributed by atoms with Gasteiger partial charge in [0.2, 0.25) is 0 Å². The minimum Gasteiger partial charge on any atom is -0.462 e. The van der Waals surface area contributed by atoms with E-state index in [1.807, 2.05) is 0 Å². The van der Waals surface area contributed by atoms with Crippen LogP contribution in [0.1, 0.15) is 349 Å². The molecule has 0 saturated carbocycles. The quantitative estimate of drug-likeness (QED) is 0.0169. The van der Waals surface area contributed by atoms with Crippen molar-refractivity contribution in [2.24, 2.45) is 0 Å². The fourth-order valence-electron chi connectivity index (χ4n) is 10.6. The molecule has 0 aliphatic heterocycles. The zero-order valence-electron chi connectivity index (χ0n) is 61.1. The Labute approximate surface area is 584 Å². The maximum atomic E-state index is 13.1. The number of phosphoric acid groups is 2. The van der Waals surface area contributed by atoms with Gasteiger partial charge >= 0.3 is 39.5 Å². The summed E-state index contributed by atoms with van der Waals surface area (Å²) in [5, 5.41) is 10.6. The number of carbonyl (C=O) groups is 4. The molecule has 0 aliphatic carbocycles. The highest BCUT2D eigenvalue weighted by Gasteiger charge is 2.30. The Morgan fingerprint density at radius 3 is 0.844 bits per heavy atom. The van der Waals surface area contributed by atoms with Gasteiger partial charge < -0.3 is 33.8 Å². The minimum atomic E-state index is -4.97. The highest BCUT2D eigenvalue weighted by molar-refractivity contribution is 7.47. The molecule has 0 amide bonds. The van der Waals surface area contributed by atoms with Crippen molar-refractivity contribution in [3.05, 3.63) is 60.8 Å². The number of aliphatic hydroxyl groups excluding tert-OH is 1. The number of phosphoric ester groups is 2. The van der Waals surface area contributed by atoms with E-state index < -0.39 is 97.5 Å². The van der Waals surface area contributed by atoms with Gasteiger partial charge in [0.1, 0.15) is 19.3 Å². The Hall–Kier alpha value is -3.24. The molecular formula is C77H140O17P2. The Balaban J connectivity index is 5.29. The molecule has 0 aromatic rings. The lowest BCUT2D eigenvalue weighted by molar-refractivity contribution is -0.161. The lowest BCUT2D eigenvalue weighted by atomic mass is 10.1. The zero-order valence-corrected chi connectivity index (χ0v) is 62.8. The van der Waals surface area contributed by atoms with Gasteiger partial charge in [-0.1, -0.05) is 294 Å². The topological polar surface area (TPSA) is 237 Å². The van der Waals surface area contributed by atoms with E-state index in [1.54, 1.807) is 0 Å². The fraction of sp³-hybridized carbons (Fsp3) is 0.818. The molecule has 0 rings (SSSR count). The van der Waals surface area contributed by atoms with Crippen LogP contribution in [0.25, 0.3) is 0 Å². The van der Waals surface area contributed by atoms with Crippen LogP contribution in [-0.2, 0) is 65.4 Å². The van der Waals surface area contributed by atoms with Crippen LogP contribution in [0.3, 0.4) is 0 Å². The van der Waals surface area contributed by atoms with Crippen molar-refractivity contribution in [1.29, 1.82) is 0 Å².